The molecule has 0 amide bonds. The minimum Gasteiger partial charge on any atom is -0.454 e. The summed E-state index contributed by atoms with van der Waals surface area (Å²) in [4.78, 5) is 6.78. The first kappa shape index (κ1) is 13.5. The van der Waals surface area contributed by atoms with Gasteiger partial charge in [-0.2, -0.15) is 4.98 Å². The predicted molar refractivity (Wildman–Crippen MR) is 77.9 cm³/mol. The van der Waals surface area contributed by atoms with Crippen LogP contribution in [-0.2, 0) is 6.42 Å². The fourth-order valence-corrected chi connectivity index (χ4v) is 2.79. The molecule has 1 unspecified atom stereocenters. The summed E-state index contributed by atoms with van der Waals surface area (Å²) in [5, 5.41) is 7.49. The van der Waals surface area contributed by atoms with E-state index in [-0.39, 0.29) is 12.8 Å². The lowest BCUT2D eigenvalue weighted by atomic mass is 10.1. The van der Waals surface area contributed by atoms with E-state index in [1.807, 2.05) is 18.2 Å². The molecule has 0 radical (unpaired) electrons. The normalized spacial score (nSPS) is 21.2. The summed E-state index contributed by atoms with van der Waals surface area (Å²) in [7, 11) is 2.08. The molecule has 0 saturated carbocycles. The van der Waals surface area contributed by atoms with Gasteiger partial charge in [0.2, 0.25) is 12.7 Å². The highest BCUT2D eigenvalue weighted by molar-refractivity contribution is 5.44. The largest absolute Gasteiger partial charge is 0.454 e. The Hall–Kier alpha value is -2.12. The number of fused-ring (bicyclic) bond motifs is 1. The molecule has 1 atom stereocenters. The van der Waals surface area contributed by atoms with Gasteiger partial charge in [0, 0.05) is 19.6 Å². The van der Waals surface area contributed by atoms with Crippen molar-refractivity contribution in [2.75, 3.05) is 33.5 Å². The van der Waals surface area contributed by atoms with Gasteiger partial charge in [0.05, 0.1) is 12.5 Å². The summed E-state index contributed by atoms with van der Waals surface area (Å²) in [6.07, 6.45) is 0.591. The van der Waals surface area contributed by atoms with Crippen LogP contribution < -0.4 is 14.8 Å². The highest BCUT2D eigenvalue weighted by atomic mass is 16.7. The zero-order chi connectivity index (χ0) is 14.9. The number of nitrogens with one attached hydrogen (secondary N) is 1. The quantitative estimate of drug-likeness (QED) is 0.905. The van der Waals surface area contributed by atoms with Crippen molar-refractivity contribution in [1.82, 2.24) is 20.4 Å². The molecule has 3 heterocycles. The van der Waals surface area contributed by atoms with Crippen LogP contribution in [0.15, 0.2) is 22.7 Å². The maximum Gasteiger partial charge on any atom is 0.231 e. The van der Waals surface area contributed by atoms with Gasteiger partial charge in [0.15, 0.2) is 17.3 Å². The molecule has 1 aromatic heterocycles. The average Bonchev–Trinajstić information content (AvgIpc) is 3.16. The van der Waals surface area contributed by atoms with E-state index < -0.39 is 0 Å². The van der Waals surface area contributed by atoms with Crippen LogP contribution in [0.1, 0.15) is 23.3 Å². The van der Waals surface area contributed by atoms with E-state index in [9.17, 15) is 0 Å². The van der Waals surface area contributed by atoms with Gasteiger partial charge in [-0.05, 0) is 24.7 Å². The number of nitrogens with zero attached hydrogens (tertiary/aromatic N) is 3. The Bertz CT molecular complexity index is 673. The molecule has 1 aromatic carbocycles. The number of hydrogen-bond donors (Lipinski definition) is 1. The Balaban J connectivity index is 1.50. The van der Waals surface area contributed by atoms with E-state index in [1.54, 1.807) is 0 Å². The van der Waals surface area contributed by atoms with Crippen LogP contribution in [0.2, 0.25) is 0 Å². The van der Waals surface area contributed by atoms with Gasteiger partial charge in [-0.25, -0.2) is 0 Å². The summed E-state index contributed by atoms with van der Waals surface area (Å²) in [5.41, 5.74) is 1.06. The summed E-state index contributed by atoms with van der Waals surface area (Å²) < 4.78 is 16.1. The monoisotopic (exact) mass is 302 g/mol. The molecule has 1 fully saturated rings. The third-order valence-electron chi connectivity index (χ3n) is 4.09. The molecule has 7 nitrogen and oxygen atoms in total. The lowest BCUT2D eigenvalue weighted by Gasteiger charge is -2.30. The number of likely N-dealkylation sites (N-methyl/N-ethyl adjacent to an activating group) is 1. The van der Waals surface area contributed by atoms with Crippen molar-refractivity contribution in [2.24, 2.45) is 0 Å². The zero-order valence-corrected chi connectivity index (χ0v) is 12.4. The van der Waals surface area contributed by atoms with Crippen molar-refractivity contribution in [3.63, 3.8) is 0 Å². The van der Waals surface area contributed by atoms with E-state index in [0.29, 0.717) is 12.3 Å². The van der Waals surface area contributed by atoms with E-state index in [1.165, 1.54) is 0 Å². The maximum absolute atomic E-state index is 5.40. The first-order valence-electron chi connectivity index (χ1n) is 7.41. The van der Waals surface area contributed by atoms with Crippen LogP contribution in [0.5, 0.6) is 11.5 Å². The molecule has 4 rings (SSSR count). The van der Waals surface area contributed by atoms with E-state index in [0.717, 1.165) is 42.5 Å². The van der Waals surface area contributed by atoms with Gasteiger partial charge >= 0.3 is 0 Å². The third kappa shape index (κ3) is 2.53. The summed E-state index contributed by atoms with van der Waals surface area (Å²) in [6.45, 7) is 3.11. The van der Waals surface area contributed by atoms with Gasteiger partial charge in [-0.3, -0.25) is 4.90 Å². The molecule has 1 N–H and O–H groups in total. The number of benzene rings is 1. The van der Waals surface area contributed by atoms with Crippen molar-refractivity contribution >= 4 is 0 Å². The Morgan fingerprint density at radius 3 is 3.14 bits per heavy atom. The van der Waals surface area contributed by atoms with Crippen LogP contribution in [0.3, 0.4) is 0 Å². The Morgan fingerprint density at radius 2 is 2.23 bits per heavy atom. The van der Waals surface area contributed by atoms with Gasteiger partial charge in [0.1, 0.15) is 0 Å². The first-order chi connectivity index (χ1) is 10.8. The van der Waals surface area contributed by atoms with Crippen molar-refractivity contribution in [3.05, 3.63) is 35.5 Å². The van der Waals surface area contributed by atoms with Gasteiger partial charge in [-0.15, -0.1) is 0 Å². The van der Waals surface area contributed by atoms with Crippen molar-refractivity contribution in [1.29, 1.82) is 0 Å². The smallest absolute Gasteiger partial charge is 0.231 e. The molecule has 7 heteroatoms. The van der Waals surface area contributed by atoms with Crippen molar-refractivity contribution in [2.45, 2.75) is 12.5 Å². The fourth-order valence-electron chi connectivity index (χ4n) is 2.79. The molecule has 0 spiro atoms. The number of rotatable bonds is 3. The minimum atomic E-state index is 0.169. The minimum absolute atomic E-state index is 0.169. The molecule has 2 aromatic rings. The average molecular weight is 302 g/mol. The fraction of sp³-hybridized carbons (Fsp3) is 0.467. The van der Waals surface area contributed by atoms with E-state index in [4.69, 9.17) is 14.0 Å². The van der Waals surface area contributed by atoms with E-state index in [2.05, 4.69) is 27.4 Å². The molecule has 2 aliphatic rings. The van der Waals surface area contributed by atoms with Crippen LogP contribution in [0, 0.1) is 0 Å². The maximum atomic E-state index is 5.40. The lowest BCUT2D eigenvalue weighted by Crippen LogP contribution is -2.44. The topological polar surface area (TPSA) is 72.7 Å². The SMILES string of the molecule is CN1CCNCC1c1noc(Cc2ccc3c(c2)OCO3)n1. The second-order valence-corrected chi connectivity index (χ2v) is 5.61. The molecule has 0 aliphatic carbocycles. The second-order valence-electron chi connectivity index (χ2n) is 5.61. The molecule has 22 heavy (non-hydrogen) atoms. The molecular weight excluding hydrogens is 284 g/mol. The highest BCUT2D eigenvalue weighted by Crippen LogP contribution is 2.33. The standard InChI is InChI=1S/C15H18N4O3/c1-19-5-4-16-8-11(19)15-17-14(22-18-15)7-10-2-3-12-13(6-10)21-9-20-12/h2-3,6,11,16H,4-5,7-9H2,1H3. The Labute approximate surface area is 128 Å². The highest BCUT2D eigenvalue weighted by Gasteiger charge is 2.25. The summed E-state index contributed by atoms with van der Waals surface area (Å²) in [6, 6.07) is 6.03. The van der Waals surface area contributed by atoms with Crippen LogP contribution in [-0.4, -0.2) is 48.5 Å². The van der Waals surface area contributed by atoms with Crippen molar-refractivity contribution in [3.8, 4) is 11.5 Å². The van der Waals surface area contributed by atoms with Gasteiger partial charge < -0.3 is 19.3 Å². The second kappa shape index (κ2) is 5.58. The molecular formula is C15H18N4O3. The van der Waals surface area contributed by atoms with Crippen LogP contribution in [0.4, 0.5) is 0 Å². The first-order valence-corrected chi connectivity index (χ1v) is 7.41. The number of hydrogen-bond acceptors (Lipinski definition) is 7. The summed E-state index contributed by atoms with van der Waals surface area (Å²) in [5.74, 6) is 2.91. The third-order valence-corrected chi connectivity index (χ3v) is 4.09. The number of piperazine rings is 1. The van der Waals surface area contributed by atoms with Crippen LogP contribution in [0.25, 0.3) is 0 Å². The molecule has 116 valence electrons. The van der Waals surface area contributed by atoms with Crippen molar-refractivity contribution < 1.29 is 14.0 Å². The van der Waals surface area contributed by atoms with Gasteiger partial charge in [-0.1, -0.05) is 11.2 Å². The van der Waals surface area contributed by atoms with E-state index >= 15 is 0 Å². The lowest BCUT2D eigenvalue weighted by molar-refractivity contribution is 0.174. The Morgan fingerprint density at radius 1 is 1.32 bits per heavy atom. The Kier molecular flexibility index (Phi) is 3.44. The number of ether oxygens (including phenoxy) is 2. The zero-order valence-electron chi connectivity index (χ0n) is 12.4. The molecule has 1 saturated heterocycles. The number of aromatic nitrogens is 2. The van der Waals surface area contributed by atoms with Gasteiger partial charge in [0.25, 0.3) is 0 Å². The van der Waals surface area contributed by atoms with Crippen LogP contribution >= 0.6 is 0 Å². The molecule has 0 bridgehead atoms. The predicted octanol–water partition coefficient (Wildman–Crippen LogP) is 0.965. The summed E-state index contributed by atoms with van der Waals surface area (Å²) >= 11 is 0. The molecule has 2 aliphatic heterocycles.